The van der Waals surface area contributed by atoms with Crippen LogP contribution in [0.15, 0.2) is 18.3 Å². The molecular formula is C14H15N3O4. The number of non-ortho nitro benzene ring substituents is 1. The second-order valence-electron chi connectivity index (χ2n) is 5.42. The molecule has 1 heterocycles. The third-order valence-electron chi connectivity index (χ3n) is 3.90. The first-order valence-corrected chi connectivity index (χ1v) is 6.74. The zero-order valence-corrected chi connectivity index (χ0v) is 11.2. The molecular weight excluding hydrogens is 274 g/mol. The summed E-state index contributed by atoms with van der Waals surface area (Å²) < 4.78 is 0. The molecule has 3 rings (SSSR count). The van der Waals surface area contributed by atoms with Crippen LogP contribution in [-0.2, 0) is 11.2 Å². The zero-order chi connectivity index (χ0) is 15.1. The van der Waals surface area contributed by atoms with Crippen molar-refractivity contribution in [3.63, 3.8) is 0 Å². The largest absolute Gasteiger partial charge is 0.480 e. The maximum atomic E-state index is 11.1. The highest BCUT2D eigenvalue weighted by molar-refractivity contribution is 5.94. The molecule has 1 aliphatic carbocycles. The Morgan fingerprint density at radius 1 is 1.52 bits per heavy atom. The van der Waals surface area contributed by atoms with Gasteiger partial charge >= 0.3 is 5.97 Å². The number of nitrogens with zero attached hydrogens (tertiary/aromatic N) is 1. The number of carboxylic acid groups (broad SMARTS) is 1. The highest BCUT2D eigenvalue weighted by Crippen LogP contribution is 2.45. The average Bonchev–Trinajstić information content (AvgIpc) is 3.19. The van der Waals surface area contributed by atoms with Crippen molar-refractivity contribution in [1.82, 2.24) is 4.98 Å². The van der Waals surface area contributed by atoms with E-state index < -0.39 is 16.9 Å². The van der Waals surface area contributed by atoms with E-state index in [2.05, 4.69) is 4.98 Å². The van der Waals surface area contributed by atoms with Crippen LogP contribution in [0.5, 0.6) is 0 Å². The lowest BCUT2D eigenvalue weighted by Gasteiger charge is -2.08. The topological polar surface area (TPSA) is 122 Å². The summed E-state index contributed by atoms with van der Waals surface area (Å²) in [6, 6.07) is 2.27. The molecule has 0 saturated heterocycles. The first-order valence-electron chi connectivity index (χ1n) is 6.74. The molecule has 4 N–H and O–H groups in total. The molecule has 0 aliphatic heterocycles. The van der Waals surface area contributed by atoms with Gasteiger partial charge in [-0.3, -0.25) is 14.9 Å². The summed E-state index contributed by atoms with van der Waals surface area (Å²) in [5.74, 6) is -0.674. The molecule has 0 unspecified atom stereocenters. The van der Waals surface area contributed by atoms with Gasteiger partial charge in [0.15, 0.2) is 0 Å². The maximum Gasteiger partial charge on any atom is 0.320 e. The molecule has 0 spiro atoms. The minimum Gasteiger partial charge on any atom is -0.480 e. The molecule has 110 valence electrons. The number of carbonyl (C=O) groups is 1. The number of nitrogens with two attached hydrogens (primary N) is 1. The number of nitrogens with one attached hydrogen (secondary N) is 1. The number of nitro benzene ring substituents is 1. The molecule has 2 aromatic rings. The minimum atomic E-state index is -1.08. The first kappa shape index (κ1) is 13.6. The van der Waals surface area contributed by atoms with Crippen molar-refractivity contribution in [3.8, 4) is 0 Å². The number of fused-ring (bicyclic) bond motifs is 1. The number of H-pyrrole nitrogens is 1. The Morgan fingerprint density at radius 2 is 2.24 bits per heavy atom. The second kappa shape index (κ2) is 4.85. The monoisotopic (exact) mass is 289 g/mol. The van der Waals surface area contributed by atoms with Gasteiger partial charge in [0.1, 0.15) is 11.6 Å². The van der Waals surface area contributed by atoms with E-state index in [1.54, 1.807) is 12.3 Å². The SMILES string of the molecule is N[C@@H](Cc1c[nH]c2c([N+](=O)[O-])ccc(C3CC3)c12)C(=O)O. The van der Waals surface area contributed by atoms with E-state index in [0.29, 0.717) is 11.4 Å². The average molecular weight is 289 g/mol. The van der Waals surface area contributed by atoms with Crippen molar-refractivity contribution >= 4 is 22.6 Å². The molecule has 1 aromatic heterocycles. The van der Waals surface area contributed by atoms with Gasteiger partial charge in [-0.25, -0.2) is 0 Å². The lowest BCUT2D eigenvalue weighted by atomic mass is 9.98. The Labute approximate surface area is 119 Å². The fourth-order valence-corrected chi connectivity index (χ4v) is 2.70. The molecule has 0 radical (unpaired) electrons. The molecule has 1 aliphatic rings. The molecule has 1 saturated carbocycles. The summed E-state index contributed by atoms with van der Waals surface area (Å²) in [5.41, 5.74) is 7.82. The molecule has 21 heavy (non-hydrogen) atoms. The second-order valence-corrected chi connectivity index (χ2v) is 5.42. The van der Waals surface area contributed by atoms with Crippen LogP contribution in [0.25, 0.3) is 10.9 Å². The maximum absolute atomic E-state index is 11.1. The Morgan fingerprint density at radius 3 is 2.81 bits per heavy atom. The summed E-state index contributed by atoms with van der Waals surface area (Å²) >= 11 is 0. The number of aromatic nitrogens is 1. The highest BCUT2D eigenvalue weighted by atomic mass is 16.6. The van der Waals surface area contributed by atoms with Crippen molar-refractivity contribution in [2.24, 2.45) is 5.73 Å². The summed E-state index contributed by atoms with van der Waals surface area (Å²) in [6.07, 6.45) is 3.90. The standard InChI is InChI=1S/C14H15N3O4/c15-10(14(18)19)5-8-6-16-13-11(17(20)21)4-3-9(12(8)13)7-1-2-7/h3-4,6-7,10,16H,1-2,5,15H2,(H,18,19)/t10-/m0/s1. The smallest absolute Gasteiger partial charge is 0.320 e. The number of hydrogen-bond acceptors (Lipinski definition) is 4. The molecule has 7 nitrogen and oxygen atoms in total. The van der Waals surface area contributed by atoms with Gasteiger partial charge in [0, 0.05) is 24.1 Å². The number of benzene rings is 1. The molecule has 1 atom stereocenters. The molecule has 1 fully saturated rings. The van der Waals surface area contributed by atoms with E-state index in [-0.39, 0.29) is 12.1 Å². The lowest BCUT2D eigenvalue weighted by molar-refractivity contribution is -0.383. The normalized spacial score (nSPS) is 16.0. The number of hydrogen-bond donors (Lipinski definition) is 3. The lowest BCUT2D eigenvalue weighted by Crippen LogP contribution is -2.32. The number of rotatable bonds is 5. The quantitative estimate of drug-likeness (QED) is 0.573. The third-order valence-corrected chi connectivity index (χ3v) is 3.90. The van der Waals surface area contributed by atoms with E-state index in [1.165, 1.54) is 6.07 Å². The van der Waals surface area contributed by atoms with Crippen LogP contribution in [-0.4, -0.2) is 27.0 Å². The number of nitro groups is 1. The van der Waals surface area contributed by atoms with Crippen LogP contribution in [0.1, 0.15) is 29.9 Å². The highest BCUT2D eigenvalue weighted by Gasteiger charge is 2.30. The third kappa shape index (κ3) is 2.36. The van der Waals surface area contributed by atoms with E-state index in [4.69, 9.17) is 10.8 Å². The molecule has 0 amide bonds. The predicted molar refractivity (Wildman–Crippen MR) is 76.2 cm³/mol. The Hall–Kier alpha value is -2.41. The molecule has 1 aromatic carbocycles. The molecule has 7 heteroatoms. The van der Waals surface area contributed by atoms with Crippen molar-refractivity contribution in [3.05, 3.63) is 39.6 Å². The van der Waals surface area contributed by atoms with Gasteiger partial charge in [-0.2, -0.15) is 0 Å². The Bertz CT molecular complexity index is 733. The van der Waals surface area contributed by atoms with E-state index in [0.717, 1.165) is 29.4 Å². The number of carboxylic acids is 1. The van der Waals surface area contributed by atoms with Crippen molar-refractivity contribution in [2.75, 3.05) is 0 Å². The van der Waals surface area contributed by atoms with Gasteiger partial charge in [0.2, 0.25) is 0 Å². The number of aliphatic carboxylic acids is 1. The first-order chi connectivity index (χ1) is 9.99. The van der Waals surface area contributed by atoms with E-state index >= 15 is 0 Å². The van der Waals surface area contributed by atoms with Crippen molar-refractivity contribution in [1.29, 1.82) is 0 Å². The van der Waals surface area contributed by atoms with Gasteiger partial charge in [0.25, 0.3) is 5.69 Å². The summed E-state index contributed by atoms with van der Waals surface area (Å²) in [6.45, 7) is 0. The van der Waals surface area contributed by atoms with Gasteiger partial charge in [0.05, 0.1) is 4.92 Å². The molecule has 0 bridgehead atoms. The summed E-state index contributed by atoms with van der Waals surface area (Å²) in [7, 11) is 0. The van der Waals surface area contributed by atoms with E-state index in [9.17, 15) is 14.9 Å². The van der Waals surface area contributed by atoms with Crippen LogP contribution in [0.2, 0.25) is 0 Å². The Kier molecular flexibility index (Phi) is 3.13. The van der Waals surface area contributed by atoms with Crippen LogP contribution in [0.4, 0.5) is 5.69 Å². The summed E-state index contributed by atoms with van der Waals surface area (Å²) in [5, 5.41) is 20.8. The van der Waals surface area contributed by atoms with Gasteiger partial charge in [-0.05, 0) is 29.9 Å². The van der Waals surface area contributed by atoms with Crippen LogP contribution in [0, 0.1) is 10.1 Å². The van der Waals surface area contributed by atoms with Gasteiger partial charge in [-0.1, -0.05) is 6.07 Å². The van der Waals surface area contributed by atoms with Crippen molar-refractivity contribution < 1.29 is 14.8 Å². The number of aromatic amines is 1. The van der Waals surface area contributed by atoms with Gasteiger partial charge in [-0.15, -0.1) is 0 Å². The predicted octanol–water partition coefficient (Wildman–Crippen LogP) is 1.91. The summed E-state index contributed by atoms with van der Waals surface area (Å²) in [4.78, 5) is 24.5. The van der Waals surface area contributed by atoms with E-state index in [1.807, 2.05) is 0 Å². The fraction of sp³-hybridized carbons (Fsp3) is 0.357. The Balaban J connectivity index is 2.14. The zero-order valence-electron chi connectivity index (χ0n) is 11.2. The minimum absolute atomic E-state index is 0.00421. The van der Waals surface area contributed by atoms with Crippen LogP contribution >= 0.6 is 0 Å². The van der Waals surface area contributed by atoms with Crippen LogP contribution < -0.4 is 5.73 Å². The fourth-order valence-electron chi connectivity index (χ4n) is 2.70. The van der Waals surface area contributed by atoms with Crippen molar-refractivity contribution in [2.45, 2.75) is 31.2 Å². The van der Waals surface area contributed by atoms with Crippen LogP contribution in [0.3, 0.4) is 0 Å². The van der Waals surface area contributed by atoms with Gasteiger partial charge < -0.3 is 15.8 Å².